The lowest BCUT2D eigenvalue weighted by molar-refractivity contribution is 1.45. The Labute approximate surface area is 62.3 Å². The molecule has 0 aliphatic heterocycles. The van der Waals surface area contributed by atoms with Crippen LogP contribution in [0.25, 0.3) is 0 Å². The number of rotatable bonds is 3. The van der Waals surface area contributed by atoms with E-state index in [9.17, 15) is 0 Å². The van der Waals surface area contributed by atoms with Crippen LogP contribution in [0.3, 0.4) is 0 Å². The van der Waals surface area contributed by atoms with Crippen molar-refractivity contribution in [3.05, 3.63) is 36.0 Å². The lowest BCUT2D eigenvalue weighted by atomic mass is 10.1. The van der Waals surface area contributed by atoms with E-state index in [1.54, 1.807) is 6.08 Å². The SMILES string of the molecule is C=C/C(C=N)=C(C)\C=C/C. The smallest absolute Gasteiger partial charge is 0.0252 e. The Balaban J connectivity index is 4.58. The summed E-state index contributed by atoms with van der Waals surface area (Å²) in [5, 5.41) is 6.98. The second-order valence-corrected chi connectivity index (χ2v) is 1.99. The molecule has 1 heteroatoms. The topological polar surface area (TPSA) is 23.9 Å². The van der Waals surface area contributed by atoms with Gasteiger partial charge in [0.1, 0.15) is 0 Å². The van der Waals surface area contributed by atoms with Crippen LogP contribution in [-0.2, 0) is 0 Å². The third-order valence-corrected chi connectivity index (χ3v) is 1.25. The maximum absolute atomic E-state index is 6.98. The first kappa shape index (κ1) is 8.89. The van der Waals surface area contributed by atoms with Crippen LogP contribution in [0.4, 0.5) is 0 Å². The largest absolute Gasteiger partial charge is 0.308 e. The van der Waals surface area contributed by atoms with Gasteiger partial charge in [0.05, 0.1) is 0 Å². The van der Waals surface area contributed by atoms with Crippen LogP contribution in [0.1, 0.15) is 13.8 Å². The van der Waals surface area contributed by atoms with E-state index in [-0.39, 0.29) is 0 Å². The Morgan fingerprint density at radius 3 is 2.40 bits per heavy atom. The van der Waals surface area contributed by atoms with Crippen LogP contribution in [-0.4, -0.2) is 6.21 Å². The van der Waals surface area contributed by atoms with Crippen LogP contribution in [0, 0.1) is 5.41 Å². The normalized spacial score (nSPS) is 13.0. The minimum Gasteiger partial charge on any atom is -0.308 e. The molecule has 0 aromatic heterocycles. The van der Waals surface area contributed by atoms with E-state index in [4.69, 9.17) is 5.41 Å². The number of allylic oxidation sites excluding steroid dienone is 5. The quantitative estimate of drug-likeness (QED) is 0.454. The minimum atomic E-state index is 0.873. The first-order valence-electron chi connectivity index (χ1n) is 3.22. The summed E-state index contributed by atoms with van der Waals surface area (Å²) in [6.45, 7) is 7.51. The first-order valence-corrected chi connectivity index (χ1v) is 3.22. The van der Waals surface area contributed by atoms with Gasteiger partial charge in [0.25, 0.3) is 0 Å². The van der Waals surface area contributed by atoms with Gasteiger partial charge < -0.3 is 5.41 Å². The van der Waals surface area contributed by atoms with Crippen molar-refractivity contribution in [3.8, 4) is 0 Å². The molecule has 0 rings (SSSR count). The number of hydrogen-bond acceptors (Lipinski definition) is 1. The van der Waals surface area contributed by atoms with Gasteiger partial charge in [-0.15, -0.1) is 0 Å². The van der Waals surface area contributed by atoms with E-state index < -0.39 is 0 Å². The van der Waals surface area contributed by atoms with Gasteiger partial charge in [0.2, 0.25) is 0 Å². The molecule has 0 saturated heterocycles. The Morgan fingerprint density at radius 1 is 1.50 bits per heavy atom. The molecule has 0 bridgehead atoms. The summed E-state index contributed by atoms with van der Waals surface area (Å²) in [6.07, 6.45) is 6.90. The molecule has 0 aromatic rings. The third kappa shape index (κ3) is 2.44. The van der Waals surface area contributed by atoms with Crippen molar-refractivity contribution < 1.29 is 0 Å². The van der Waals surface area contributed by atoms with Crippen LogP contribution < -0.4 is 0 Å². The van der Waals surface area contributed by atoms with Gasteiger partial charge in [0.15, 0.2) is 0 Å². The van der Waals surface area contributed by atoms with Crippen molar-refractivity contribution in [2.24, 2.45) is 0 Å². The molecule has 0 unspecified atom stereocenters. The fourth-order valence-corrected chi connectivity index (χ4v) is 0.680. The summed E-state index contributed by atoms with van der Waals surface area (Å²) in [6, 6.07) is 0. The molecule has 0 aromatic carbocycles. The van der Waals surface area contributed by atoms with Crippen molar-refractivity contribution in [3.63, 3.8) is 0 Å². The maximum Gasteiger partial charge on any atom is 0.0252 e. The van der Waals surface area contributed by atoms with E-state index >= 15 is 0 Å². The molecule has 0 atom stereocenters. The first-order chi connectivity index (χ1) is 4.76. The summed E-state index contributed by atoms with van der Waals surface area (Å²) in [5.41, 5.74) is 1.95. The van der Waals surface area contributed by atoms with Gasteiger partial charge in [-0.2, -0.15) is 0 Å². The van der Waals surface area contributed by atoms with Crippen LogP contribution >= 0.6 is 0 Å². The molecule has 1 nitrogen and oxygen atoms in total. The van der Waals surface area contributed by atoms with Gasteiger partial charge >= 0.3 is 0 Å². The molecule has 0 fully saturated rings. The second kappa shape index (κ2) is 4.74. The average molecular weight is 135 g/mol. The number of nitrogens with one attached hydrogen (secondary N) is 1. The maximum atomic E-state index is 6.98. The summed E-state index contributed by atoms with van der Waals surface area (Å²) >= 11 is 0. The van der Waals surface area contributed by atoms with Gasteiger partial charge in [-0.3, -0.25) is 0 Å². The highest BCUT2D eigenvalue weighted by Crippen LogP contribution is 2.03. The van der Waals surface area contributed by atoms with E-state index in [1.165, 1.54) is 6.21 Å². The zero-order valence-electron chi connectivity index (χ0n) is 6.52. The van der Waals surface area contributed by atoms with Crippen molar-refractivity contribution in [2.45, 2.75) is 13.8 Å². The average Bonchev–Trinajstić information content (AvgIpc) is 1.91. The van der Waals surface area contributed by atoms with Gasteiger partial charge in [-0.1, -0.05) is 24.8 Å². The van der Waals surface area contributed by atoms with E-state index in [0.717, 1.165) is 11.1 Å². The molecule has 0 saturated carbocycles. The Hall–Kier alpha value is -1.11. The van der Waals surface area contributed by atoms with E-state index in [2.05, 4.69) is 6.58 Å². The molecule has 0 aliphatic carbocycles. The monoisotopic (exact) mass is 135 g/mol. The molecular formula is C9H13N. The van der Waals surface area contributed by atoms with Gasteiger partial charge in [-0.05, 0) is 25.0 Å². The molecule has 54 valence electrons. The van der Waals surface area contributed by atoms with Crippen LogP contribution in [0.15, 0.2) is 36.0 Å². The summed E-state index contributed by atoms with van der Waals surface area (Å²) < 4.78 is 0. The molecule has 10 heavy (non-hydrogen) atoms. The predicted molar refractivity (Wildman–Crippen MR) is 46.5 cm³/mol. The molecule has 0 aliphatic rings. The Morgan fingerprint density at radius 2 is 2.10 bits per heavy atom. The molecule has 0 spiro atoms. The minimum absolute atomic E-state index is 0.873. The molecular weight excluding hydrogens is 122 g/mol. The lowest BCUT2D eigenvalue weighted by Gasteiger charge is -1.94. The molecule has 0 heterocycles. The van der Waals surface area contributed by atoms with Crippen LogP contribution in [0.2, 0.25) is 0 Å². The van der Waals surface area contributed by atoms with Gasteiger partial charge in [-0.25, -0.2) is 0 Å². The zero-order chi connectivity index (χ0) is 7.98. The van der Waals surface area contributed by atoms with Crippen LogP contribution in [0.5, 0.6) is 0 Å². The Kier molecular flexibility index (Phi) is 4.21. The van der Waals surface area contributed by atoms with E-state index in [1.807, 2.05) is 26.0 Å². The third-order valence-electron chi connectivity index (χ3n) is 1.25. The second-order valence-electron chi connectivity index (χ2n) is 1.99. The molecule has 0 amide bonds. The number of hydrogen-bond donors (Lipinski definition) is 1. The summed E-state index contributed by atoms with van der Waals surface area (Å²) in [7, 11) is 0. The highest BCUT2D eigenvalue weighted by atomic mass is 14.3. The molecule has 1 N–H and O–H groups in total. The highest BCUT2D eigenvalue weighted by Gasteiger charge is 1.87. The summed E-state index contributed by atoms with van der Waals surface area (Å²) in [4.78, 5) is 0. The van der Waals surface area contributed by atoms with Crippen molar-refractivity contribution >= 4 is 6.21 Å². The van der Waals surface area contributed by atoms with Crippen molar-refractivity contribution in [1.29, 1.82) is 5.41 Å². The predicted octanol–water partition coefficient (Wildman–Crippen LogP) is 2.71. The summed E-state index contributed by atoms with van der Waals surface area (Å²) in [5.74, 6) is 0. The fraction of sp³-hybridized carbons (Fsp3) is 0.222. The Bertz CT molecular complexity index is 175. The molecule has 0 radical (unpaired) electrons. The van der Waals surface area contributed by atoms with Gasteiger partial charge in [0, 0.05) is 6.21 Å². The standard InChI is InChI=1S/C9H13N/c1-4-6-8(3)9(5-2)7-10/h4-7,10H,2H2,1,3H3/b6-4-,9-8+,10-7?. The zero-order valence-corrected chi connectivity index (χ0v) is 6.52. The van der Waals surface area contributed by atoms with Crippen molar-refractivity contribution in [2.75, 3.05) is 0 Å². The highest BCUT2D eigenvalue weighted by molar-refractivity contribution is 5.81. The van der Waals surface area contributed by atoms with Crippen molar-refractivity contribution in [1.82, 2.24) is 0 Å². The fourth-order valence-electron chi connectivity index (χ4n) is 0.680. The lowest BCUT2D eigenvalue weighted by Crippen LogP contribution is -1.81. The van der Waals surface area contributed by atoms with E-state index in [0.29, 0.717) is 0 Å².